The molecule has 0 saturated carbocycles. The Morgan fingerprint density at radius 2 is 2.04 bits per heavy atom. The molecule has 0 radical (unpaired) electrons. The Hall–Kier alpha value is -2.32. The first kappa shape index (κ1) is 19.4. The SMILES string of the molecule is Cc1cnc(Nc2nccnc2C2CCN(C(=O)/C=C/CN(C)C)CC2)s1. The number of aromatic nitrogens is 3. The fraction of sp³-hybridized carbons (Fsp3) is 0.474. The number of carbonyl (C=O) groups excluding carboxylic acids is 1. The fourth-order valence-corrected chi connectivity index (χ4v) is 3.76. The van der Waals surface area contributed by atoms with Crippen molar-refractivity contribution in [3.63, 3.8) is 0 Å². The third kappa shape index (κ3) is 5.33. The summed E-state index contributed by atoms with van der Waals surface area (Å²) in [7, 11) is 3.97. The molecule has 8 heteroatoms. The highest BCUT2D eigenvalue weighted by molar-refractivity contribution is 7.15. The van der Waals surface area contributed by atoms with Gasteiger partial charge in [-0.15, -0.1) is 11.3 Å². The first-order chi connectivity index (χ1) is 13.0. The van der Waals surface area contributed by atoms with Crippen molar-refractivity contribution in [2.75, 3.05) is 39.0 Å². The molecule has 2 aromatic heterocycles. The number of likely N-dealkylation sites (tertiary alicyclic amines) is 1. The summed E-state index contributed by atoms with van der Waals surface area (Å²) in [6.45, 7) is 4.28. The molecule has 7 nitrogen and oxygen atoms in total. The van der Waals surface area contributed by atoms with E-state index in [0.29, 0.717) is 0 Å². The molecule has 1 aliphatic rings. The van der Waals surface area contributed by atoms with Crippen LogP contribution < -0.4 is 5.32 Å². The van der Waals surface area contributed by atoms with Crippen LogP contribution in [0.25, 0.3) is 0 Å². The van der Waals surface area contributed by atoms with Gasteiger partial charge in [-0.3, -0.25) is 9.78 Å². The Morgan fingerprint density at radius 1 is 1.30 bits per heavy atom. The third-order valence-corrected chi connectivity index (χ3v) is 5.33. The number of carbonyl (C=O) groups is 1. The fourth-order valence-electron chi connectivity index (χ4n) is 3.10. The number of aryl methyl sites for hydroxylation is 1. The van der Waals surface area contributed by atoms with Crippen molar-refractivity contribution < 1.29 is 4.79 Å². The summed E-state index contributed by atoms with van der Waals surface area (Å²) in [5, 5.41) is 4.13. The van der Waals surface area contributed by atoms with Gasteiger partial charge in [-0.25, -0.2) is 9.97 Å². The Morgan fingerprint density at radius 3 is 2.70 bits per heavy atom. The minimum absolute atomic E-state index is 0.0889. The van der Waals surface area contributed by atoms with E-state index in [0.717, 1.165) is 54.0 Å². The van der Waals surface area contributed by atoms with Crippen molar-refractivity contribution in [2.45, 2.75) is 25.7 Å². The predicted octanol–water partition coefficient (Wildman–Crippen LogP) is 2.81. The lowest BCUT2D eigenvalue weighted by Crippen LogP contribution is -2.37. The molecule has 1 fully saturated rings. The normalized spacial score (nSPS) is 15.6. The van der Waals surface area contributed by atoms with Crippen molar-refractivity contribution >= 4 is 28.2 Å². The molecule has 2 aromatic rings. The summed E-state index contributed by atoms with van der Waals surface area (Å²) in [6.07, 6.45) is 10.6. The van der Waals surface area contributed by atoms with Crippen LogP contribution in [0.3, 0.4) is 0 Å². The Kier molecular flexibility index (Phi) is 6.52. The van der Waals surface area contributed by atoms with Crippen molar-refractivity contribution in [2.24, 2.45) is 0 Å². The molecule has 3 heterocycles. The van der Waals surface area contributed by atoms with E-state index in [1.54, 1.807) is 29.8 Å². The highest BCUT2D eigenvalue weighted by atomic mass is 32.1. The van der Waals surface area contributed by atoms with Gasteiger partial charge in [0, 0.05) is 55.1 Å². The van der Waals surface area contributed by atoms with Crippen LogP contribution in [0.15, 0.2) is 30.7 Å². The van der Waals surface area contributed by atoms with E-state index < -0.39 is 0 Å². The van der Waals surface area contributed by atoms with Crippen LogP contribution in [-0.4, -0.2) is 64.4 Å². The van der Waals surface area contributed by atoms with Crippen molar-refractivity contribution in [3.05, 3.63) is 41.3 Å². The molecule has 3 rings (SSSR count). The van der Waals surface area contributed by atoms with Crippen LogP contribution in [-0.2, 0) is 4.79 Å². The Balaban J connectivity index is 1.61. The largest absolute Gasteiger partial charge is 0.339 e. The smallest absolute Gasteiger partial charge is 0.246 e. The molecule has 0 aromatic carbocycles. The average Bonchev–Trinajstić information content (AvgIpc) is 3.07. The Labute approximate surface area is 164 Å². The van der Waals surface area contributed by atoms with Crippen molar-refractivity contribution in [1.82, 2.24) is 24.8 Å². The lowest BCUT2D eigenvalue weighted by Gasteiger charge is -2.31. The van der Waals surface area contributed by atoms with E-state index in [4.69, 9.17) is 0 Å². The number of amides is 1. The third-order valence-electron chi connectivity index (χ3n) is 4.50. The van der Waals surface area contributed by atoms with Gasteiger partial charge in [0.1, 0.15) is 0 Å². The first-order valence-corrected chi connectivity index (χ1v) is 9.95. The second kappa shape index (κ2) is 9.05. The maximum atomic E-state index is 12.3. The van der Waals surface area contributed by atoms with Crippen LogP contribution in [0.1, 0.15) is 29.3 Å². The standard InChI is InChI=1S/C19H26N6OS/c1-14-13-22-19(27-14)23-18-17(20-8-9-21-18)15-6-11-25(12-7-15)16(26)5-4-10-24(2)3/h4-5,8-9,13,15H,6-7,10-12H2,1-3H3,(H,21,22,23)/b5-4+. The number of hydrogen-bond donors (Lipinski definition) is 1. The van der Waals surface area contributed by atoms with Gasteiger partial charge >= 0.3 is 0 Å². The highest BCUT2D eigenvalue weighted by Crippen LogP contribution is 2.32. The van der Waals surface area contributed by atoms with Crippen LogP contribution in [0, 0.1) is 6.92 Å². The van der Waals surface area contributed by atoms with E-state index in [9.17, 15) is 4.79 Å². The van der Waals surface area contributed by atoms with Crippen molar-refractivity contribution in [1.29, 1.82) is 0 Å². The number of nitrogens with one attached hydrogen (secondary N) is 1. The molecule has 1 N–H and O–H groups in total. The van der Waals surface area contributed by atoms with Crippen molar-refractivity contribution in [3.8, 4) is 0 Å². The van der Waals surface area contributed by atoms with E-state index in [2.05, 4.69) is 20.3 Å². The molecule has 0 unspecified atom stereocenters. The van der Waals surface area contributed by atoms with Gasteiger partial charge in [-0.2, -0.15) is 0 Å². The monoisotopic (exact) mass is 386 g/mol. The summed E-state index contributed by atoms with van der Waals surface area (Å²) in [6, 6.07) is 0. The van der Waals surface area contributed by atoms with Gasteiger partial charge in [0.15, 0.2) is 10.9 Å². The zero-order valence-electron chi connectivity index (χ0n) is 16.1. The predicted molar refractivity (Wildman–Crippen MR) is 108 cm³/mol. The van der Waals surface area contributed by atoms with Gasteiger partial charge < -0.3 is 15.1 Å². The zero-order valence-corrected chi connectivity index (χ0v) is 16.9. The molecular formula is C19H26N6OS. The molecular weight excluding hydrogens is 360 g/mol. The van der Waals surface area contributed by atoms with E-state index >= 15 is 0 Å². The summed E-state index contributed by atoms with van der Waals surface area (Å²) < 4.78 is 0. The van der Waals surface area contributed by atoms with Gasteiger partial charge in [0.05, 0.1) is 5.69 Å². The van der Waals surface area contributed by atoms with Gasteiger partial charge in [0.2, 0.25) is 5.91 Å². The minimum Gasteiger partial charge on any atom is -0.339 e. The molecule has 0 bridgehead atoms. The number of hydrogen-bond acceptors (Lipinski definition) is 7. The van der Waals surface area contributed by atoms with E-state index in [-0.39, 0.29) is 11.8 Å². The second-order valence-corrected chi connectivity index (χ2v) is 8.19. The van der Waals surface area contributed by atoms with Gasteiger partial charge in [0.25, 0.3) is 0 Å². The number of thiazole rings is 1. The summed E-state index contributed by atoms with van der Waals surface area (Å²) in [5.74, 6) is 1.14. The summed E-state index contributed by atoms with van der Waals surface area (Å²) in [4.78, 5) is 30.8. The molecule has 0 atom stereocenters. The van der Waals surface area contributed by atoms with E-state index in [1.807, 2.05) is 43.1 Å². The first-order valence-electron chi connectivity index (χ1n) is 9.13. The molecule has 0 spiro atoms. The number of likely N-dealkylation sites (N-methyl/N-ethyl adjacent to an activating group) is 1. The molecule has 1 aliphatic heterocycles. The number of piperidine rings is 1. The average molecular weight is 387 g/mol. The maximum Gasteiger partial charge on any atom is 0.246 e. The molecule has 1 saturated heterocycles. The highest BCUT2D eigenvalue weighted by Gasteiger charge is 2.26. The summed E-state index contributed by atoms with van der Waals surface area (Å²) >= 11 is 1.60. The zero-order chi connectivity index (χ0) is 19.2. The Bertz CT molecular complexity index is 795. The lowest BCUT2D eigenvalue weighted by molar-refractivity contribution is -0.127. The lowest BCUT2D eigenvalue weighted by atomic mass is 9.93. The molecule has 0 aliphatic carbocycles. The van der Waals surface area contributed by atoms with Gasteiger partial charge in [-0.05, 0) is 33.9 Å². The topological polar surface area (TPSA) is 74.2 Å². The summed E-state index contributed by atoms with van der Waals surface area (Å²) in [5.41, 5.74) is 0.959. The van der Waals surface area contributed by atoms with Crippen LogP contribution in [0.4, 0.5) is 10.9 Å². The minimum atomic E-state index is 0.0889. The van der Waals surface area contributed by atoms with Crippen LogP contribution in [0.2, 0.25) is 0 Å². The van der Waals surface area contributed by atoms with Crippen LogP contribution in [0.5, 0.6) is 0 Å². The number of rotatable bonds is 6. The molecule has 27 heavy (non-hydrogen) atoms. The van der Waals surface area contributed by atoms with Crippen LogP contribution >= 0.6 is 11.3 Å². The maximum absolute atomic E-state index is 12.3. The van der Waals surface area contributed by atoms with E-state index in [1.165, 1.54) is 0 Å². The number of anilines is 2. The molecule has 144 valence electrons. The quantitative estimate of drug-likeness (QED) is 0.770. The van der Waals surface area contributed by atoms with Gasteiger partial charge in [-0.1, -0.05) is 6.08 Å². The molecule has 1 amide bonds. The second-order valence-electron chi connectivity index (χ2n) is 6.96. The number of nitrogens with zero attached hydrogens (tertiary/aromatic N) is 5.